The van der Waals surface area contributed by atoms with Crippen LogP contribution < -0.4 is 5.32 Å². The van der Waals surface area contributed by atoms with Crippen LogP contribution in [-0.2, 0) is 20.9 Å². The monoisotopic (exact) mass is 476 g/mol. The molecule has 1 unspecified atom stereocenters. The van der Waals surface area contributed by atoms with Crippen LogP contribution in [0.25, 0.3) is 17.3 Å². The fourth-order valence-electron chi connectivity index (χ4n) is 3.58. The third-order valence-electron chi connectivity index (χ3n) is 5.39. The quantitative estimate of drug-likeness (QED) is 0.283. The van der Waals surface area contributed by atoms with Crippen molar-refractivity contribution in [1.82, 2.24) is 9.78 Å². The second kappa shape index (κ2) is 11.4. The molecule has 0 aliphatic carbocycles. The number of hydrogen-bond acceptors (Lipinski definition) is 5. The number of para-hydroxylation sites is 1. The van der Waals surface area contributed by atoms with Crippen molar-refractivity contribution in [3.8, 4) is 17.3 Å². The lowest BCUT2D eigenvalue weighted by Gasteiger charge is -2.13. The predicted octanol–water partition coefficient (Wildman–Crippen LogP) is 5.05. The molecule has 1 atom stereocenters. The maximum Gasteiger partial charge on any atom is 0.331 e. The van der Waals surface area contributed by atoms with Crippen molar-refractivity contribution in [2.75, 3.05) is 5.32 Å². The van der Waals surface area contributed by atoms with Gasteiger partial charge >= 0.3 is 5.97 Å². The molecule has 0 radical (unpaired) electrons. The number of ether oxygens (including phenoxy) is 1. The van der Waals surface area contributed by atoms with E-state index in [1.165, 1.54) is 13.0 Å². The lowest BCUT2D eigenvalue weighted by Crippen LogP contribution is -2.29. The number of esters is 1. The third-order valence-corrected chi connectivity index (χ3v) is 5.39. The van der Waals surface area contributed by atoms with Gasteiger partial charge in [-0.25, -0.2) is 4.79 Å². The fraction of sp³-hybridized carbons (Fsp3) is 0.103. The molecule has 1 amide bonds. The average Bonchev–Trinajstić information content (AvgIpc) is 3.31. The third kappa shape index (κ3) is 6.13. The Kier molecular flexibility index (Phi) is 7.69. The first kappa shape index (κ1) is 24.2. The van der Waals surface area contributed by atoms with E-state index in [0.717, 1.165) is 22.4 Å². The SMILES string of the molecule is CC(OC(=O)/C=C/c1cn(Cc2ccccc2)nc1-c1ccccc1)C(=O)Nc1ccccc1C#N. The standard InChI is InChI=1S/C29H24N4O3/c1-21(29(35)31-26-15-9-8-14-24(26)18-30)36-27(34)17-16-25-20-33(19-22-10-4-2-5-11-22)32-28(25)23-12-6-3-7-13-23/h2-17,20-21H,19H2,1H3,(H,31,35)/b17-16+. The van der Waals surface area contributed by atoms with E-state index in [1.54, 1.807) is 30.3 Å². The van der Waals surface area contributed by atoms with Crippen LogP contribution in [0.5, 0.6) is 0 Å². The van der Waals surface area contributed by atoms with Gasteiger partial charge in [0.05, 0.1) is 23.5 Å². The van der Waals surface area contributed by atoms with Gasteiger partial charge in [-0.3, -0.25) is 9.48 Å². The zero-order valence-electron chi connectivity index (χ0n) is 19.7. The molecule has 1 aromatic heterocycles. The summed E-state index contributed by atoms with van der Waals surface area (Å²) in [5.74, 6) is -1.19. The van der Waals surface area contributed by atoms with Crippen LogP contribution in [0.4, 0.5) is 5.69 Å². The van der Waals surface area contributed by atoms with Crippen molar-refractivity contribution in [3.05, 3.63) is 114 Å². The van der Waals surface area contributed by atoms with E-state index in [-0.39, 0.29) is 0 Å². The minimum atomic E-state index is -1.05. The number of aromatic nitrogens is 2. The molecule has 7 nitrogen and oxygen atoms in total. The highest BCUT2D eigenvalue weighted by atomic mass is 16.5. The van der Waals surface area contributed by atoms with Crippen LogP contribution in [0.3, 0.4) is 0 Å². The number of carbonyl (C=O) groups excluding carboxylic acids is 2. The van der Waals surface area contributed by atoms with E-state index < -0.39 is 18.0 Å². The molecule has 1 N–H and O–H groups in total. The van der Waals surface area contributed by atoms with Gasteiger partial charge in [-0.05, 0) is 30.7 Å². The molecular weight excluding hydrogens is 452 g/mol. The molecule has 7 heteroatoms. The van der Waals surface area contributed by atoms with E-state index in [4.69, 9.17) is 9.84 Å². The van der Waals surface area contributed by atoms with Crippen LogP contribution in [0.1, 0.15) is 23.6 Å². The molecule has 0 saturated carbocycles. The topological polar surface area (TPSA) is 97.0 Å². The highest BCUT2D eigenvalue weighted by molar-refractivity contribution is 5.97. The van der Waals surface area contributed by atoms with Gasteiger partial charge in [0.1, 0.15) is 6.07 Å². The molecule has 0 bridgehead atoms. The zero-order chi connectivity index (χ0) is 25.3. The number of nitrogens with zero attached hydrogens (tertiary/aromatic N) is 3. The summed E-state index contributed by atoms with van der Waals surface area (Å²) in [4.78, 5) is 25.0. The predicted molar refractivity (Wildman–Crippen MR) is 138 cm³/mol. The molecule has 1 heterocycles. The van der Waals surface area contributed by atoms with Crippen LogP contribution in [-0.4, -0.2) is 27.8 Å². The molecular formula is C29H24N4O3. The molecule has 3 aromatic carbocycles. The summed E-state index contributed by atoms with van der Waals surface area (Å²) < 4.78 is 7.10. The molecule has 0 aliphatic heterocycles. The number of nitrogens with one attached hydrogen (secondary N) is 1. The second-order valence-electron chi connectivity index (χ2n) is 8.04. The summed E-state index contributed by atoms with van der Waals surface area (Å²) in [6, 6.07) is 28.3. The minimum Gasteiger partial charge on any atom is -0.449 e. The fourth-order valence-corrected chi connectivity index (χ4v) is 3.58. The Labute approximate surface area is 209 Å². The van der Waals surface area contributed by atoms with Crippen molar-refractivity contribution in [2.45, 2.75) is 19.6 Å². The van der Waals surface area contributed by atoms with Gasteiger partial charge in [0, 0.05) is 23.4 Å². The van der Waals surface area contributed by atoms with Crippen molar-refractivity contribution < 1.29 is 14.3 Å². The number of carbonyl (C=O) groups is 2. The Bertz CT molecular complexity index is 1420. The maximum absolute atomic E-state index is 12.5. The summed E-state index contributed by atoms with van der Waals surface area (Å²) in [6.07, 6.45) is 3.73. The molecule has 178 valence electrons. The van der Waals surface area contributed by atoms with E-state index in [2.05, 4.69) is 5.32 Å². The molecule has 36 heavy (non-hydrogen) atoms. The second-order valence-corrected chi connectivity index (χ2v) is 8.04. The van der Waals surface area contributed by atoms with Gasteiger partial charge in [0.25, 0.3) is 5.91 Å². The van der Waals surface area contributed by atoms with Crippen molar-refractivity contribution >= 4 is 23.6 Å². The van der Waals surface area contributed by atoms with E-state index >= 15 is 0 Å². The lowest BCUT2D eigenvalue weighted by atomic mass is 10.1. The zero-order valence-corrected chi connectivity index (χ0v) is 19.7. The minimum absolute atomic E-state index is 0.324. The van der Waals surface area contributed by atoms with Crippen molar-refractivity contribution in [2.24, 2.45) is 0 Å². The van der Waals surface area contributed by atoms with Gasteiger partial charge in [-0.2, -0.15) is 10.4 Å². The average molecular weight is 477 g/mol. The number of nitriles is 1. The van der Waals surface area contributed by atoms with Gasteiger partial charge in [0.2, 0.25) is 0 Å². The number of rotatable bonds is 8. The maximum atomic E-state index is 12.5. The van der Waals surface area contributed by atoms with E-state index in [9.17, 15) is 14.9 Å². The van der Waals surface area contributed by atoms with E-state index in [1.807, 2.05) is 77.6 Å². The highest BCUT2D eigenvalue weighted by Gasteiger charge is 2.18. The lowest BCUT2D eigenvalue weighted by molar-refractivity contribution is -0.148. The Balaban J connectivity index is 1.47. The number of benzene rings is 3. The molecule has 0 aliphatic rings. The summed E-state index contributed by atoms with van der Waals surface area (Å²) in [6.45, 7) is 2.06. The molecule has 0 spiro atoms. The molecule has 4 rings (SSSR count). The number of amides is 1. The first-order chi connectivity index (χ1) is 17.5. The molecule has 0 fully saturated rings. The largest absolute Gasteiger partial charge is 0.449 e. The van der Waals surface area contributed by atoms with Gasteiger partial charge in [0.15, 0.2) is 6.10 Å². The highest BCUT2D eigenvalue weighted by Crippen LogP contribution is 2.23. The van der Waals surface area contributed by atoms with Crippen LogP contribution in [0.2, 0.25) is 0 Å². The Morgan fingerprint density at radius 2 is 1.69 bits per heavy atom. The summed E-state index contributed by atoms with van der Waals surface area (Å²) >= 11 is 0. The van der Waals surface area contributed by atoms with Gasteiger partial charge < -0.3 is 10.1 Å². The van der Waals surface area contributed by atoms with Crippen LogP contribution >= 0.6 is 0 Å². The number of anilines is 1. The van der Waals surface area contributed by atoms with Crippen LogP contribution in [0, 0.1) is 11.3 Å². The van der Waals surface area contributed by atoms with E-state index in [0.29, 0.717) is 17.8 Å². The first-order valence-electron chi connectivity index (χ1n) is 11.4. The Morgan fingerprint density at radius 3 is 2.42 bits per heavy atom. The summed E-state index contributed by atoms with van der Waals surface area (Å²) in [5.41, 5.74) is 4.18. The Morgan fingerprint density at radius 1 is 1.03 bits per heavy atom. The number of hydrogen-bond donors (Lipinski definition) is 1. The van der Waals surface area contributed by atoms with Crippen molar-refractivity contribution in [3.63, 3.8) is 0 Å². The molecule has 0 saturated heterocycles. The van der Waals surface area contributed by atoms with Gasteiger partial charge in [-0.15, -0.1) is 0 Å². The normalized spacial score (nSPS) is 11.6. The molecule has 4 aromatic rings. The van der Waals surface area contributed by atoms with Crippen molar-refractivity contribution in [1.29, 1.82) is 5.26 Å². The first-order valence-corrected chi connectivity index (χ1v) is 11.4. The van der Waals surface area contributed by atoms with Gasteiger partial charge in [-0.1, -0.05) is 72.8 Å². The smallest absolute Gasteiger partial charge is 0.331 e. The summed E-state index contributed by atoms with van der Waals surface area (Å²) in [7, 11) is 0. The summed E-state index contributed by atoms with van der Waals surface area (Å²) in [5, 5.41) is 16.5. The van der Waals surface area contributed by atoms with Crippen LogP contribution in [0.15, 0.2) is 97.2 Å². The Hall–Kier alpha value is -4.96.